The number of carbonyl (C=O) groups is 2. The van der Waals surface area contributed by atoms with Gasteiger partial charge in [-0.15, -0.1) is 0 Å². The summed E-state index contributed by atoms with van der Waals surface area (Å²) in [4.78, 5) is 24.5. The fourth-order valence-electron chi connectivity index (χ4n) is 3.92. The summed E-state index contributed by atoms with van der Waals surface area (Å²) < 4.78 is 31.6. The van der Waals surface area contributed by atoms with Crippen LogP contribution in [0.3, 0.4) is 0 Å². The second-order valence-electron chi connectivity index (χ2n) is 7.82. The Morgan fingerprint density at radius 1 is 0.931 bits per heavy atom. The number of hydrogen-bond donors (Lipinski definition) is 1. The summed E-state index contributed by atoms with van der Waals surface area (Å²) in [7, 11) is -3.51. The highest BCUT2D eigenvalue weighted by molar-refractivity contribution is 7.89. The normalized spacial score (nSPS) is 19.3. The van der Waals surface area contributed by atoms with Gasteiger partial charge in [0.25, 0.3) is 5.91 Å². The van der Waals surface area contributed by atoms with Crippen LogP contribution >= 0.6 is 0 Å². The molecule has 1 heterocycles. The molecule has 8 heteroatoms. The fourth-order valence-corrected chi connectivity index (χ4v) is 5.44. The third-order valence-corrected chi connectivity index (χ3v) is 7.51. The Morgan fingerprint density at radius 3 is 2.14 bits per heavy atom. The summed E-state index contributed by atoms with van der Waals surface area (Å²) in [5.74, 6) is -0.930. The lowest BCUT2D eigenvalue weighted by molar-refractivity contribution is -0.125. The van der Waals surface area contributed by atoms with Gasteiger partial charge < -0.3 is 10.1 Å². The lowest BCUT2D eigenvalue weighted by Gasteiger charge is -2.20. The van der Waals surface area contributed by atoms with E-state index in [1.807, 2.05) is 0 Å². The number of sulfonamides is 1. The van der Waals surface area contributed by atoms with E-state index in [0.717, 1.165) is 38.5 Å². The van der Waals surface area contributed by atoms with Gasteiger partial charge in [-0.3, -0.25) is 4.79 Å². The van der Waals surface area contributed by atoms with E-state index >= 15 is 0 Å². The number of rotatable bonds is 6. The Morgan fingerprint density at radius 2 is 1.52 bits per heavy atom. The molecule has 1 aliphatic carbocycles. The van der Waals surface area contributed by atoms with Crippen LogP contribution in [0.1, 0.15) is 68.1 Å². The van der Waals surface area contributed by atoms with Crippen LogP contribution < -0.4 is 5.32 Å². The predicted octanol–water partition coefficient (Wildman–Crippen LogP) is 2.86. The van der Waals surface area contributed by atoms with Crippen molar-refractivity contribution in [1.29, 1.82) is 0 Å². The summed E-state index contributed by atoms with van der Waals surface area (Å²) in [6.07, 6.45) is 9.54. The molecule has 7 nitrogen and oxygen atoms in total. The third kappa shape index (κ3) is 6.02. The van der Waals surface area contributed by atoms with Gasteiger partial charge in [-0.1, -0.05) is 32.1 Å². The lowest BCUT2D eigenvalue weighted by Crippen LogP contribution is -2.38. The number of esters is 1. The molecule has 1 amide bonds. The Balaban J connectivity index is 1.49. The summed E-state index contributed by atoms with van der Waals surface area (Å²) in [5, 5.41) is 2.95. The van der Waals surface area contributed by atoms with Crippen molar-refractivity contribution in [1.82, 2.24) is 9.62 Å². The maximum atomic E-state index is 12.5. The van der Waals surface area contributed by atoms with Gasteiger partial charge in [-0.05, 0) is 49.9 Å². The first-order chi connectivity index (χ1) is 14.0. The minimum atomic E-state index is -3.51. The lowest BCUT2D eigenvalue weighted by atomic mass is 9.97. The third-order valence-electron chi connectivity index (χ3n) is 5.60. The molecule has 2 aliphatic rings. The fraction of sp³-hybridized carbons (Fsp3) is 0.619. The van der Waals surface area contributed by atoms with Crippen molar-refractivity contribution in [3.63, 3.8) is 0 Å². The van der Waals surface area contributed by atoms with Crippen LogP contribution in [-0.2, 0) is 19.6 Å². The first-order valence-corrected chi connectivity index (χ1v) is 12.0. The smallest absolute Gasteiger partial charge is 0.338 e. The van der Waals surface area contributed by atoms with Crippen LogP contribution in [0.15, 0.2) is 29.2 Å². The second kappa shape index (κ2) is 10.2. The largest absolute Gasteiger partial charge is 0.452 e. The molecule has 0 aromatic heterocycles. The van der Waals surface area contributed by atoms with E-state index in [0.29, 0.717) is 13.1 Å². The number of carbonyl (C=O) groups excluding carboxylic acids is 2. The molecule has 0 radical (unpaired) electrons. The highest BCUT2D eigenvalue weighted by Crippen LogP contribution is 2.21. The van der Waals surface area contributed by atoms with Crippen LogP contribution in [0.2, 0.25) is 0 Å². The molecule has 0 unspecified atom stereocenters. The molecule has 0 atom stereocenters. The number of ether oxygens (including phenoxy) is 1. The van der Waals surface area contributed by atoms with Crippen molar-refractivity contribution in [3.05, 3.63) is 29.8 Å². The molecule has 0 spiro atoms. The van der Waals surface area contributed by atoms with E-state index in [4.69, 9.17) is 4.74 Å². The van der Waals surface area contributed by atoms with Crippen molar-refractivity contribution in [2.24, 2.45) is 0 Å². The van der Waals surface area contributed by atoms with E-state index in [-0.39, 0.29) is 29.0 Å². The zero-order valence-electron chi connectivity index (χ0n) is 16.8. The molecule has 160 valence electrons. The average Bonchev–Trinajstić information content (AvgIpc) is 3.24. The predicted molar refractivity (Wildman–Crippen MR) is 109 cm³/mol. The molecular weight excluding hydrogens is 392 g/mol. The van der Waals surface area contributed by atoms with Gasteiger partial charge in [0, 0.05) is 19.1 Å². The highest BCUT2D eigenvalue weighted by Gasteiger charge is 2.27. The maximum absolute atomic E-state index is 12.5. The van der Waals surface area contributed by atoms with E-state index in [9.17, 15) is 18.0 Å². The molecule has 1 aromatic rings. The number of benzene rings is 1. The molecule has 2 fully saturated rings. The van der Waals surface area contributed by atoms with Crippen LogP contribution in [0.5, 0.6) is 0 Å². The van der Waals surface area contributed by atoms with Gasteiger partial charge in [0.05, 0.1) is 10.5 Å². The first kappa shape index (κ1) is 21.8. The van der Waals surface area contributed by atoms with Crippen molar-refractivity contribution in [2.45, 2.75) is 68.7 Å². The number of nitrogens with zero attached hydrogens (tertiary/aromatic N) is 1. The quantitative estimate of drug-likeness (QED) is 0.712. The van der Waals surface area contributed by atoms with E-state index in [2.05, 4.69) is 5.32 Å². The topological polar surface area (TPSA) is 92.8 Å². The van der Waals surface area contributed by atoms with Crippen molar-refractivity contribution in [3.8, 4) is 0 Å². The highest BCUT2D eigenvalue weighted by atomic mass is 32.2. The molecule has 0 bridgehead atoms. The molecule has 1 saturated heterocycles. The van der Waals surface area contributed by atoms with Gasteiger partial charge in [-0.25, -0.2) is 13.2 Å². The summed E-state index contributed by atoms with van der Waals surface area (Å²) in [6, 6.07) is 5.84. The van der Waals surface area contributed by atoms with Crippen LogP contribution in [0.4, 0.5) is 0 Å². The monoisotopic (exact) mass is 422 g/mol. The molecule has 1 saturated carbocycles. The van der Waals surface area contributed by atoms with Gasteiger partial charge in [0.1, 0.15) is 0 Å². The van der Waals surface area contributed by atoms with E-state index in [1.54, 1.807) is 0 Å². The van der Waals surface area contributed by atoms with Gasteiger partial charge >= 0.3 is 5.97 Å². The first-order valence-electron chi connectivity index (χ1n) is 10.5. The SMILES string of the molecule is O=C(COC(=O)c1ccc(S(=O)(=O)N2CCCC2)cc1)NC1CCCCCCC1. The minimum Gasteiger partial charge on any atom is -0.452 e. The zero-order valence-corrected chi connectivity index (χ0v) is 17.6. The summed E-state index contributed by atoms with van der Waals surface area (Å²) >= 11 is 0. The summed E-state index contributed by atoms with van der Waals surface area (Å²) in [5.41, 5.74) is 0.226. The van der Waals surface area contributed by atoms with Gasteiger partial charge in [0.15, 0.2) is 6.61 Å². The number of amides is 1. The van der Waals surface area contributed by atoms with Crippen molar-refractivity contribution in [2.75, 3.05) is 19.7 Å². The molecular formula is C21H30N2O5S. The minimum absolute atomic E-state index is 0.150. The summed E-state index contributed by atoms with van der Waals surface area (Å²) in [6.45, 7) is 0.730. The Kier molecular flexibility index (Phi) is 7.66. The van der Waals surface area contributed by atoms with Crippen LogP contribution in [-0.4, -0.2) is 50.3 Å². The molecule has 29 heavy (non-hydrogen) atoms. The molecule has 1 N–H and O–H groups in total. The van der Waals surface area contributed by atoms with Crippen molar-refractivity contribution >= 4 is 21.9 Å². The zero-order chi connectivity index (χ0) is 20.7. The van der Waals surface area contributed by atoms with E-state index < -0.39 is 16.0 Å². The van der Waals surface area contributed by atoms with Crippen LogP contribution in [0.25, 0.3) is 0 Å². The van der Waals surface area contributed by atoms with Gasteiger partial charge in [0.2, 0.25) is 10.0 Å². The number of nitrogens with one attached hydrogen (secondary N) is 1. The maximum Gasteiger partial charge on any atom is 0.338 e. The second-order valence-corrected chi connectivity index (χ2v) is 9.76. The molecule has 1 aromatic carbocycles. The van der Waals surface area contributed by atoms with Crippen molar-refractivity contribution < 1.29 is 22.7 Å². The van der Waals surface area contributed by atoms with Crippen LogP contribution in [0, 0.1) is 0 Å². The standard InChI is InChI=1S/C21H30N2O5S/c24-20(22-18-8-4-2-1-3-5-9-18)16-28-21(25)17-10-12-19(13-11-17)29(26,27)23-14-6-7-15-23/h10-13,18H,1-9,14-16H2,(H,22,24). The Labute approximate surface area is 172 Å². The molecule has 1 aliphatic heterocycles. The Hall–Kier alpha value is -1.93. The Bertz CT molecular complexity index is 793. The average molecular weight is 423 g/mol. The number of hydrogen-bond acceptors (Lipinski definition) is 5. The van der Waals surface area contributed by atoms with Gasteiger partial charge in [-0.2, -0.15) is 4.31 Å². The van der Waals surface area contributed by atoms with E-state index in [1.165, 1.54) is 47.8 Å². The molecule has 3 rings (SSSR count).